The highest BCUT2D eigenvalue weighted by Gasteiger charge is 2.08. The van der Waals surface area contributed by atoms with Crippen molar-refractivity contribution in [1.29, 1.82) is 0 Å². The van der Waals surface area contributed by atoms with Gasteiger partial charge in [-0.05, 0) is 0 Å². The highest BCUT2D eigenvalue weighted by molar-refractivity contribution is 9.09. The molecule has 0 saturated heterocycles. The molecule has 1 atom stereocenters. The van der Waals surface area contributed by atoms with Gasteiger partial charge in [0.15, 0.2) is 0 Å². The maximum atomic E-state index is 9.22. The van der Waals surface area contributed by atoms with E-state index in [1.54, 1.807) is 0 Å². The van der Waals surface area contributed by atoms with Crippen LogP contribution in [0.4, 0.5) is 0 Å². The van der Waals surface area contributed by atoms with Crippen molar-refractivity contribution in [3.63, 3.8) is 0 Å². The molecule has 1 rings (SSSR count). The van der Waals surface area contributed by atoms with Crippen LogP contribution in [0.5, 0.6) is 11.8 Å². The average Bonchev–Trinajstić information content (AvgIpc) is 2.26. The third kappa shape index (κ3) is 3.12. The van der Waals surface area contributed by atoms with Crippen LogP contribution >= 0.6 is 15.9 Å². The first-order valence-electron chi connectivity index (χ1n) is 3.99. The summed E-state index contributed by atoms with van der Waals surface area (Å²) >= 11 is 3.13. The SMILES string of the molecule is COc1nccnc1OCC(O)CBr. The van der Waals surface area contributed by atoms with Crippen LogP contribution in [0, 0.1) is 0 Å². The molecule has 0 aliphatic carbocycles. The molecule has 1 unspecified atom stereocenters. The molecule has 0 saturated carbocycles. The van der Waals surface area contributed by atoms with E-state index >= 15 is 0 Å². The Kier molecular flexibility index (Phi) is 4.61. The summed E-state index contributed by atoms with van der Waals surface area (Å²) in [6, 6.07) is 0. The number of ether oxygens (including phenoxy) is 2. The molecule has 0 fully saturated rings. The Morgan fingerprint density at radius 3 is 2.64 bits per heavy atom. The maximum absolute atomic E-state index is 9.22. The number of aromatic nitrogens is 2. The predicted molar refractivity (Wildman–Crippen MR) is 53.9 cm³/mol. The van der Waals surface area contributed by atoms with Gasteiger partial charge in [-0.25, -0.2) is 9.97 Å². The number of rotatable bonds is 5. The minimum atomic E-state index is -0.568. The van der Waals surface area contributed by atoms with Gasteiger partial charge in [-0.3, -0.25) is 0 Å². The largest absolute Gasteiger partial charge is 0.477 e. The van der Waals surface area contributed by atoms with E-state index < -0.39 is 6.10 Å². The second-order valence-corrected chi connectivity index (χ2v) is 3.14. The standard InChI is InChI=1S/C8H11BrN2O3/c1-13-7-8(11-3-2-10-7)14-5-6(12)4-9/h2-3,6,12H,4-5H2,1H3. The summed E-state index contributed by atoms with van der Waals surface area (Å²) in [6.07, 6.45) is 2.44. The monoisotopic (exact) mass is 262 g/mol. The number of aliphatic hydroxyl groups is 1. The Hall–Kier alpha value is -0.880. The lowest BCUT2D eigenvalue weighted by atomic mass is 10.4. The fraction of sp³-hybridized carbons (Fsp3) is 0.500. The van der Waals surface area contributed by atoms with Crippen molar-refractivity contribution in [2.45, 2.75) is 6.10 Å². The van der Waals surface area contributed by atoms with Crippen LogP contribution in [0.25, 0.3) is 0 Å². The van der Waals surface area contributed by atoms with Gasteiger partial charge in [0.2, 0.25) is 0 Å². The minimum Gasteiger partial charge on any atom is -0.477 e. The van der Waals surface area contributed by atoms with E-state index in [4.69, 9.17) is 9.47 Å². The summed E-state index contributed by atoms with van der Waals surface area (Å²) in [4.78, 5) is 7.82. The molecule has 6 heteroatoms. The van der Waals surface area contributed by atoms with E-state index in [1.165, 1.54) is 19.5 Å². The zero-order valence-corrected chi connectivity index (χ0v) is 9.27. The fourth-order valence-electron chi connectivity index (χ4n) is 0.771. The number of hydrogen-bond donors (Lipinski definition) is 1. The number of nitrogens with zero attached hydrogens (tertiary/aromatic N) is 2. The van der Waals surface area contributed by atoms with Gasteiger partial charge in [-0.15, -0.1) is 0 Å². The molecule has 0 aliphatic heterocycles. The van der Waals surface area contributed by atoms with Gasteiger partial charge in [0.1, 0.15) is 6.61 Å². The van der Waals surface area contributed by atoms with Crippen LogP contribution < -0.4 is 9.47 Å². The molecule has 0 aliphatic rings. The molecule has 1 aromatic heterocycles. The van der Waals surface area contributed by atoms with Gasteiger partial charge in [-0.1, -0.05) is 15.9 Å². The first-order valence-corrected chi connectivity index (χ1v) is 5.12. The van der Waals surface area contributed by atoms with Gasteiger partial charge in [0, 0.05) is 17.7 Å². The lowest BCUT2D eigenvalue weighted by molar-refractivity contribution is 0.121. The Labute approximate surface area is 90.2 Å². The number of methoxy groups -OCH3 is 1. The van der Waals surface area contributed by atoms with Gasteiger partial charge < -0.3 is 14.6 Å². The van der Waals surface area contributed by atoms with Crippen LogP contribution in [-0.2, 0) is 0 Å². The van der Waals surface area contributed by atoms with E-state index in [2.05, 4.69) is 25.9 Å². The number of hydrogen-bond acceptors (Lipinski definition) is 5. The topological polar surface area (TPSA) is 64.5 Å². The first kappa shape index (κ1) is 11.2. The summed E-state index contributed by atoms with van der Waals surface area (Å²) in [6.45, 7) is 0.153. The zero-order valence-electron chi connectivity index (χ0n) is 7.68. The average molecular weight is 263 g/mol. The maximum Gasteiger partial charge on any atom is 0.278 e. The van der Waals surface area contributed by atoms with E-state index in [0.717, 1.165) is 0 Å². The van der Waals surface area contributed by atoms with Gasteiger partial charge in [0.05, 0.1) is 13.2 Å². The van der Waals surface area contributed by atoms with Crippen LogP contribution in [0.15, 0.2) is 12.4 Å². The lowest BCUT2D eigenvalue weighted by Crippen LogP contribution is -2.19. The normalized spacial score (nSPS) is 12.2. The fourth-order valence-corrected chi connectivity index (χ4v) is 0.958. The van der Waals surface area contributed by atoms with Crippen LogP contribution in [0.3, 0.4) is 0 Å². The third-order valence-electron chi connectivity index (χ3n) is 1.42. The van der Waals surface area contributed by atoms with Crippen molar-refractivity contribution in [1.82, 2.24) is 9.97 Å². The molecule has 14 heavy (non-hydrogen) atoms. The van der Waals surface area contributed by atoms with Crippen molar-refractivity contribution < 1.29 is 14.6 Å². The van der Waals surface area contributed by atoms with Crippen LogP contribution in [0.1, 0.15) is 0 Å². The summed E-state index contributed by atoms with van der Waals surface area (Å²) < 4.78 is 10.1. The molecule has 0 amide bonds. The quantitative estimate of drug-likeness (QED) is 0.789. The number of halogens is 1. The van der Waals surface area contributed by atoms with Crippen molar-refractivity contribution >= 4 is 15.9 Å². The first-order chi connectivity index (χ1) is 6.77. The van der Waals surface area contributed by atoms with Crippen LogP contribution in [-0.4, -0.2) is 40.2 Å². The molecule has 1 aromatic rings. The Morgan fingerprint density at radius 2 is 2.07 bits per heavy atom. The van der Waals surface area contributed by atoms with E-state index in [1.807, 2.05) is 0 Å². The van der Waals surface area contributed by atoms with Crippen molar-refractivity contribution in [3.8, 4) is 11.8 Å². The summed E-state index contributed by atoms with van der Waals surface area (Å²) in [5.74, 6) is 0.601. The highest BCUT2D eigenvalue weighted by Crippen LogP contribution is 2.19. The molecule has 0 spiro atoms. The third-order valence-corrected chi connectivity index (χ3v) is 2.16. The Balaban J connectivity index is 2.57. The molecular weight excluding hydrogens is 252 g/mol. The molecular formula is C8H11BrN2O3. The smallest absolute Gasteiger partial charge is 0.278 e. The van der Waals surface area contributed by atoms with Crippen LogP contribution in [0.2, 0.25) is 0 Å². The van der Waals surface area contributed by atoms with E-state index in [9.17, 15) is 5.11 Å². The molecule has 1 heterocycles. The molecule has 0 bridgehead atoms. The number of alkyl halides is 1. The second-order valence-electron chi connectivity index (χ2n) is 2.49. The zero-order chi connectivity index (χ0) is 10.4. The predicted octanol–water partition coefficient (Wildman–Crippen LogP) is 0.620. The summed E-state index contributed by atoms with van der Waals surface area (Å²) in [5.41, 5.74) is 0. The Bertz CT molecular complexity index is 285. The van der Waals surface area contributed by atoms with E-state index in [0.29, 0.717) is 11.2 Å². The van der Waals surface area contributed by atoms with E-state index in [-0.39, 0.29) is 12.5 Å². The number of aliphatic hydroxyl groups excluding tert-OH is 1. The van der Waals surface area contributed by atoms with Gasteiger partial charge >= 0.3 is 0 Å². The second kappa shape index (κ2) is 5.77. The Morgan fingerprint density at radius 1 is 1.43 bits per heavy atom. The summed E-state index contributed by atoms with van der Waals surface area (Å²) in [7, 11) is 1.48. The molecule has 78 valence electrons. The minimum absolute atomic E-state index is 0.153. The molecule has 5 nitrogen and oxygen atoms in total. The molecule has 0 radical (unpaired) electrons. The van der Waals surface area contributed by atoms with Crippen molar-refractivity contribution in [2.75, 3.05) is 19.0 Å². The lowest BCUT2D eigenvalue weighted by Gasteiger charge is -2.10. The molecule has 1 N–H and O–H groups in total. The van der Waals surface area contributed by atoms with Gasteiger partial charge in [0.25, 0.3) is 11.8 Å². The van der Waals surface area contributed by atoms with Crippen molar-refractivity contribution in [2.24, 2.45) is 0 Å². The van der Waals surface area contributed by atoms with Gasteiger partial charge in [-0.2, -0.15) is 0 Å². The molecule has 0 aromatic carbocycles. The highest BCUT2D eigenvalue weighted by atomic mass is 79.9. The van der Waals surface area contributed by atoms with Crippen molar-refractivity contribution in [3.05, 3.63) is 12.4 Å². The summed E-state index contributed by atoms with van der Waals surface area (Å²) in [5, 5.41) is 9.68.